The van der Waals surface area contributed by atoms with Crippen molar-refractivity contribution in [3.05, 3.63) is 56.8 Å². The van der Waals surface area contributed by atoms with Crippen LogP contribution in [-0.4, -0.2) is 16.7 Å². The number of aliphatic hydroxyl groups excluding tert-OH is 1. The lowest BCUT2D eigenvalue weighted by molar-refractivity contribution is -0.115. The van der Waals surface area contributed by atoms with E-state index in [1.54, 1.807) is 18.2 Å². The highest BCUT2D eigenvalue weighted by Crippen LogP contribution is 2.37. The molecular formula is C17H17BrO3. The van der Waals surface area contributed by atoms with Gasteiger partial charge in [-0.2, -0.15) is 0 Å². The molecule has 1 aliphatic carbocycles. The van der Waals surface area contributed by atoms with Crippen molar-refractivity contribution >= 4 is 27.5 Å². The van der Waals surface area contributed by atoms with E-state index in [-0.39, 0.29) is 21.8 Å². The van der Waals surface area contributed by atoms with Crippen molar-refractivity contribution in [2.75, 3.05) is 0 Å². The number of carbonyl (C=O) groups excluding carboxylic acids is 2. The van der Waals surface area contributed by atoms with E-state index >= 15 is 0 Å². The van der Waals surface area contributed by atoms with Gasteiger partial charge in [0.2, 0.25) is 0 Å². The highest BCUT2D eigenvalue weighted by atomic mass is 79.9. The second kappa shape index (κ2) is 5.98. The van der Waals surface area contributed by atoms with Crippen molar-refractivity contribution in [1.82, 2.24) is 0 Å². The largest absolute Gasteiger partial charge is 0.507 e. The smallest absolute Gasteiger partial charge is 0.185 e. The Balaban J connectivity index is 2.54. The molecule has 4 heteroatoms. The molecule has 1 atom stereocenters. The van der Waals surface area contributed by atoms with Crippen LogP contribution in [0.2, 0.25) is 0 Å². The first-order valence-corrected chi connectivity index (χ1v) is 7.61. The number of halogens is 1. The molecule has 0 radical (unpaired) electrons. The van der Waals surface area contributed by atoms with Gasteiger partial charge in [0, 0.05) is 12.0 Å². The lowest BCUT2D eigenvalue weighted by Gasteiger charge is -2.23. The fourth-order valence-corrected chi connectivity index (χ4v) is 2.88. The average molecular weight is 349 g/mol. The number of benzene rings is 1. The Bertz CT molecular complexity index is 681. The van der Waals surface area contributed by atoms with Crippen LogP contribution in [0.15, 0.2) is 40.1 Å². The highest BCUT2D eigenvalue weighted by Gasteiger charge is 2.31. The summed E-state index contributed by atoms with van der Waals surface area (Å²) in [6, 6.07) is 5.45. The van der Waals surface area contributed by atoms with Crippen molar-refractivity contribution in [3.8, 4) is 0 Å². The van der Waals surface area contributed by atoms with Gasteiger partial charge in [-0.05, 0) is 53.0 Å². The minimum atomic E-state index is -0.458. The Hall–Kier alpha value is -1.68. The molecule has 1 aliphatic rings. The number of allylic oxidation sites excluding steroid dienone is 3. The third kappa shape index (κ3) is 2.86. The molecule has 1 aromatic rings. The Morgan fingerprint density at radius 2 is 2.00 bits per heavy atom. The van der Waals surface area contributed by atoms with E-state index in [1.165, 1.54) is 0 Å². The van der Waals surface area contributed by atoms with E-state index in [1.807, 2.05) is 26.8 Å². The minimum absolute atomic E-state index is 0.0489. The third-order valence-electron chi connectivity index (χ3n) is 3.76. The van der Waals surface area contributed by atoms with Crippen LogP contribution in [0.3, 0.4) is 0 Å². The average Bonchev–Trinajstić information content (AvgIpc) is 2.46. The van der Waals surface area contributed by atoms with Crippen molar-refractivity contribution in [1.29, 1.82) is 0 Å². The number of Topliss-reactive ketones (excluding diaryl/α,β-unsaturated/α-hetero) is 2. The van der Waals surface area contributed by atoms with E-state index in [2.05, 4.69) is 15.9 Å². The molecule has 0 heterocycles. The van der Waals surface area contributed by atoms with Crippen LogP contribution in [0.25, 0.3) is 0 Å². The van der Waals surface area contributed by atoms with Gasteiger partial charge in [-0.3, -0.25) is 9.59 Å². The Morgan fingerprint density at radius 3 is 2.62 bits per heavy atom. The summed E-state index contributed by atoms with van der Waals surface area (Å²) in [5.74, 6) is -0.637. The van der Waals surface area contributed by atoms with Crippen molar-refractivity contribution in [2.45, 2.75) is 33.1 Å². The number of aliphatic hydroxyl groups is 1. The molecule has 110 valence electrons. The molecule has 1 unspecified atom stereocenters. The monoisotopic (exact) mass is 348 g/mol. The summed E-state index contributed by atoms with van der Waals surface area (Å²) in [5.41, 5.74) is 3.16. The van der Waals surface area contributed by atoms with Crippen LogP contribution in [0.4, 0.5) is 0 Å². The van der Waals surface area contributed by atoms with Crippen LogP contribution in [0.5, 0.6) is 0 Å². The fourth-order valence-electron chi connectivity index (χ4n) is 2.54. The molecule has 0 fully saturated rings. The minimum Gasteiger partial charge on any atom is -0.507 e. The van der Waals surface area contributed by atoms with Crippen molar-refractivity contribution < 1.29 is 14.7 Å². The summed E-state index contributed by atoms with van der Waals surface area (Å²) in [4.78, 5) is 24.3. The zero-order valence-corrected chi connectivity index (χ0v) is 13.8. The van der Waals surface area contributed by atoms with Gasteiger partial charge in [0.15, 0.2) is 11.6 Å². The summed E-state index contributed by atoms with van der Waals surface area (Å²) in [7, 11) is 0. The molecule has 2 rings (SSSR count). The zero-order chi connectivity index (χ0) is 15.7. The van der Waals surface area contributed by atoms with E-state index in [9.17, 15) is 14.7 Å². The lowest BCUT2D eigenvalue weighted by atomic mass is 9.81. The van der Waals surface area contributed by atoms with Gasteiger partial charge in [0.25, 0.3) is 0 Å². The maximum Gasteiger partial charge on any atom is 0.185 e. The second-order valence-electron chi connectivity index (χ2n) is 5.23. The summed E-state index contributed by atoms with van der Waals surface area (Å²) in [6.07, 6.45) is 2.02. The van der Waals surface area contributed by atoms with Gasteiger partial charge in [-0.1, -0.05) is 24.6 Å². The highest BCUT2D eigenvalue weighted by molar-refractivity contribution is 9.12. The Morgan fingerprint density at radius 1 is 1.33 bits per heavy atom. The van der Waals surface area contributed by atoms with Crippen molar-refractivity contribution in [2.24, 2.45) is 0 Å². The first kappa shape index (κ1) is 15.7. The maximum absolute atomic E-state index is 12.5. The van der Waals surface area contributed by atoms with Crippen LogP contribution >= 0.6 is 15.9 Å². The molecule has 1 N–H and O–H groups in total. The molecule has 0 saturated heterocycles. The summed E-state index contributed by atoms with van der Waals surface area (Å²) >= 11 is 3.14. The predicted molar refractivity (Wildman–Crippen MR) is 85.9 cm³/mol. The van der Waals surface area contributed by atoms with Crippen LogP contribution in [-0.2, 0) is 4.79 Å². The SMILES string of the molecule is CCC(=O)c1ccc(C)c(C2C(=O)C(Br)=C(O)C=C2C)c1. The van der Waals surface area contributed by atoms with E-state index < -0.39 is 5.92 Å². The van der Waals surface area contributed by atoms with Crippen LogP contribution < -0.4 is 0 Å². The normalized spacial score (nSPS) is 18.8. The zero-order valence-electron chi connectivity index (χ0n) is 12.2. The lowest BCUT2D eigenvalue weighted by Crippen LogP contribution is -2.20. The molecule has 0 spiro atoms. The number of aryl methyl sites for hydroxylation is 1. The molecule has 0 aromatic heterocycles. The molecule has 1 aromatic carbocycles. The van der Waals surface area contributed by atoms with Gasteiger partial charge < -0.3 is 5.11 Å². The van der Waals surface area contributed by atoms with E-state index in [0.717, 1.165) is 16.7 Å². The quantitative estimate of drug-likeness (QED) is 0.825. The third-order valence-corrected chi connectivity index (χ3v) is 4.55. The number of ketones is 2. The standard InChI is InChI=1S/C17H17BrO3/c1-4-13(19)11-6-5-9(2)12(8-11)15-10(3)7-14(20)16(18)17(15)21/h5-8,15,20H,4H2,1-3H3. The summed E-state index contributed by atoms with van der Waals surface area (Å²) < 4.78 is 0.185. The molecule has 0 aliphatic heterocycles. The topological polar surface area (TPSA) is 54.4 Å². The predicted octanol–water partition coefficient (Wildman–Crippen LogP) is 4.36. The molecule has 0 bridgehead atoms. The number of hydrogen-bond donors (Lipinski definition) is 1. The number of hydrogen-bond acceptors (Lipinski definition) is 3. The van der Waals surface area contributed by atoms with Gasteiger partial charge in [-0.25, -0.2) is 0 Å². The van der Waals surface area contributed by atoms with E-state index in [4.69, 9.17) is 0 Å². The van der Waals surface area contributed by atoms with Crippen LogP contribution in [0.1, 0.15) is 47.7 Å². The maximum atomic E-state index is 12.5. The Kier molecular flexibility index (Phi) is 4.47. The van der Waals surface area contributed by atoms with E-state index in [0.29, 0.717) is 12.0 Å². The molecule has 0 saturated carbocycles. The molecular weight excluding hydrogens is 332 g/mol. The second-order valence-corrected chi connectivity index (χ2v) is 6.03. The number of rotatable bonds is 3. The fraction of sp³-hybridized carbons (Fsp3) is 0.294. The van der Waals surface area contributed by atoms with Crippen LogP contribution in [0, 0.1) is 6.92 Å². The molecule has 0 amide bonds. The Labute approximate surface area is 132 Å². The first-order valence-electron chi connectivity index (χ1n) is 6.81. The summed E-state index contributed by atoms with van der Waals surface area (Å²) in [5, 5.41) is 9.71. The van der Waals surface area contributed by atoms with Gasteiger partial charge in [-0.15, -0.1) is 0 Å². The summed E-state index contributed by atoms with van der Waals surface area (Å²) in [6.45, 7) is 5.55. The van der Waals surface area contributed by atoms with Gasteiger partial charge in [0.05, 0.1) is 5.92 Å². The van der Waals surface area contributed by atoms with Gasteiger partial charge >= 0.3 is 0 Å². The first-order chi connectivity index (χ1) is 9.86. The molecule has 21 heavy (non-hydrogen) atoms. The molecule has 3 nitrogen and oxygen atoms in total. The number of carbonyl (C=O) groups is 2. The van der Waals surface area contributed by atoms with Gasteiger partial charge in [0.1, 0.15) is 10.2 Å². The van der Waals surface area contributed by atoms with Crippen molar-refractivity contribution in [3.63, 3.8) is 0 Å².